The summed E-state index contributed by atoms with van der Waals surface area (Å²) in [5.74, 6) is -0.688. The van der Waals surface area contributed by atoms with Crippen molar-refractivity contribution >= 4 is 17.6 Å². The second-order valence-corrected chi connectivity index (χ2v) is 4.46. The van der Waals surface area contributed by atoms with Crippen LogP contribution >= 0.6 is 0 Å². The lowest BCUT2D eigenvalue weighted by atomic mass is 10.1. The highest BCUT2D eigenvalue weighted by molar-refractivity contribution is 6.04. The highest BCUT2D eigenvalue weighted by atomic mass is 16.5. The summed E-state index contributed by atoms with van der Waals surface area (Å²) in [7, 11) is 1.54. The van der Waals surface area contributed by atoms with Gasteiger partial charge in [-0.1, -0.05) is 6.07 Å². The first kappa shape index (κ1) is 14.6. The zero-order chi connectivity index (χ0) is 15.4. The van der Waals surface area contributed by atoms with Crippen LogP contribution in [-0.2, 0) is 11.3 Å². The van der Waals surface area contributed by atoms with Crippen molar-refractivity contribution in [3.05, 3.63) is 41.7 Å². The van der Waals surface area contributed by atoms with Crippen LogP contribution in [0, 0.1) is 6.92 Å². The summed E-state index contributed by atoms with van der Waals surface area (Å²) in [6.45, 7) is 1.63. The molecule has 1 aromatic heterocycles. The molecule has 0 aliphatic heterocycles. The van der Waals surface area contributed by atoms with E-state index in [0.717, 1.165) is 5.56 Å². The normalized spacial score (nSPS) is 10.2. The third-order valence-electron chi connectivity index (χ3n) is 2.86. The van der Waals surface area contributed by atoms with E-state index in [9.17, 15) is 9.59 Å². The minimum atomic E-state index is -1.00. The van der Waals surface area contributed by atoms with E-state index in [1.807, 2.05) is 6.92 Å². The number of nitrogens with zero attached hydrogens (tertiary/aromatic N) is 2. The maximum atomic E-state index is 12.1. The zero-order valence-electron chi connectivity index (χ0n) is 11.7. The predicted molar refractivity (Wildman–Crippen MR) is 75.5 cm³/mol. The summed E-state index contributed by atoms with van der Waals surface area (Å²) in [6.07, 6.45) is 2.85. The fourth-order valence-electron chi connectivity index (χ4n) is 1.82. The van der Waals surface area contributed by atoms with Crippen LogP contribution in [0.25, 0.3) is 0 Å². The number of methoxy groups -OCH3 is 1. The predicted octanol–water partition coefficient (Wildman–Crippen LogP) is 1.54. The lowest BCUT2D eigenvalue weighted by molar-refractivity contribution is -0.137. The number of ether oxygens (including phenoxy) is 1. The van der Waals surface area contributed by atoms with E-state index in [2.05, 4.69) is 10.4 Å². The average molecular weight is 289 g/mol. The van der Waals surface area contributed by atoms with Crippen LogP contribution < -0.4 is 10.1 Å². The Hall–Kier alpha value is -2.83. The summed E-state index contributed by atoms with van der Waals surface area (Å²) >= 11 is 0. The highest BCUT2D eigenvalue weighted by Gasteiger charge is 2.10. The molecule has 7 nitrogen and oxygen atoms in total. The van der Waals surface area contributed by atoms with Gasteiger partial charge in [-0.2, -0.15) is 5.10 Å². The fraction of sp³-hybridized carbons (Fsp3) is 0.214. The molecule has 7 heteroatoms. The fourth-order valence-corrected chi connectivity index (χ4v) is 1.82. The van der Waals surface area contributed by atoms with Gasteiger partial charge in [0.2, 0.25) is 0 Å². The number of carbonyl (C=O) groups is 2. The van der Waals surface area contributed by atoms with Gasteiger partial charge < -0.3 is 15.2 Å². The van der Waals surface area contributed by atoms with Gasteiger partial charge in [-0.25, -0.2) is 0 Å². The molecule has 0 saturated heterocycles. The highest BCUT2D eigenvalue weighted by Crippen LogP contribution is 2.19. The third-order valence-corrected chi connectivity index (χ3v) is 2.86. The molecule has 0 aliphatic carbocycles. The smallest absolute Gasteiger partial charge is 0.325 e. The molecule has 0 saturated carbocycles. The minimum absolute atomic E-state index is 0.256. The molecule has 0 fully saturated rings. The zero-order valence-corrected chi connectivity index (χ0v) is 11.7. The van der Waals surface area contributed by atoms with Crippen molar-refractivity contribution in [2.45, 2.75) is 13.5 Å². The SMILES string of the molecule is COc1cc(C(=O)Nc2cnn(CC(=O)O)c2)ccc1C. The van der Waals surface area contributed by atoms with Crippen LogP contribution in [0.2, 0.25) is 0 Å². The van der Waals surface area contributed by atoms with Gasteiger partial charge in [-0.3, -0.25) is 14.3 Å². The molecule has 0 spiro atoms. The second-order valence-electron chi connectivity index (χ2n) is 4.46. The maximum Gasteiger partial charge on any atom is 0.325 e. The first-order chi connectivity index (χ1) is 9.99. The molecule has 1 heterocycles. The Morgan fingerprint density at radius 3 is 2.86 bits per heavy atom. The monoisotopic (exact) mass is 289 g/mol. The van der Waals surface area contributed by atoms with Crippen molar-refractivity contribution in [3.63, 3.8) is 0 Å². The number of aryl methyl sites for hydroxylation is 1. The van der Waals surface area contributed by atoms with E-state index in [4.69, 9.17) is 9.84 Å². The molecule has 2 N–H and O–H groups in total. The summed E-state index contributed by atoms with van der Waals surface area (Å²) in [4.78, 5) is 22.7. The van der Waals surface area contributed by atoms with Crippen molar-refractivity contribution in [2.75, 3.05) is 12.4 Å². The van der Waals surface area contributed by atoms with Gasteiger partial charge in [-0.05, 0) is 24.6 Å². The Morgan fingerprint density at radius 1 is 1.43 bits per heavy atom. The number of nitrogens with one attached hydrogen (secondary N) is 1. The van der Waals surface area contributed by atoms with E-state index in [-0.39, 0.29) is 12.5 Å². The number of anilines is 1. The van der Waals surface area contributed by atoms with E-state index in [1.54, 1.807) is 25.3 Å². The van der Waals surface area contributed by atoms with Crippen LogP contribution in [0.3, 0.4) is 0 Å². The van der Waals surface area contributed by atoms with Crippen molar-refractivity contribution in [3.8, 4) is 5.75 Å². The number of benzene rings is 1. The van der Waals surface area contributed by atoms with E-state index >= 15 is 0 Å². The molecule has 0 radical (unpaired) electrons. The third kappa shape index (κ3) is 3.59. The molecule has 2 aromatic rings. The largest absolute Gasteiger partial charge is 0.496 e. The molecule has 1 amide bonds. The Morgan fingerprint density at radius 2 is 2.19 bits per heavy atom. The van der Waals surface area contributed by atoms with E-state index in [0.29, 0.717) is 17.0 Å². The van der Waals surface area contributed by atoms with Crippen molar-refractivity contribution in [2.24, 2.45) is 0 Å². The second kappa shape index (κ2) is 6.08. The van der Waals surface area contributed by atoms with Gasteiger partial charge in [-0.15, -0.1) is 0 Å². The Labute approximate surface area is 121 Å². The van der Waals surface area contributed by atoms with Crippen molar-refractivity contribution in [1.82, 2.24) is 9.78 Å². The molecular weight excluding hydrogens is 274 g/mol. The number of hydrogen-bond acceptors (Lipinski definition) is 4. The number of aromatic nitrogens is 2. The Bertz CT molecular complexity index is 679. The summed E-state index contributed by atoms with van der Waals surface area (Å²) in [6, 6.07) is 5.13. The maximum absolute atomic E-state index is 12.1. The first-order valence-corrected chi connectivity index (χ1v) is 6.20. The molecule has 2 rings (SSSR count). The molecular formula is C14H15N3O4. The van der Waals surface area contributed by atoms with Crippen LogP contribution in [0.15, 0.2) is 30.6 Å². The number of carboxylic acid groups (broad SMARTS) is 1. The van der Waals surface area contributed by atoms with Crippen molar-refractivity contribution in [1.29, 1.82) is 0 Å². The Kier molecular flexibility index (Phi) is 4.22. The lowest BCUT2D eigenvalue weighted by Crippen LogP contribution is -2.12. The average Bonchev–Trinajstić information content (AvgIpc) is 2.85. The number of amides is 1. The lowest BCUT2D eigenvalue weighted by Gasteiger charge is -2.07. The van der Waals surface area contributed by atoms with Gasteiger partial charge in [0.05, 0.1) is 19.0 Å². The van der Waals surface area contributed by atoms with E-state index in [1.165, 1.54) is 17.1 Å². The van der Waals surface area contributed by atoms with Gasteiger partial charge >= 0.3 is 5.97 Å². The number of carbonyl (C=O) groups excluding carboxylic acids is 1. The first-order valence-electron chi connectivity index (χ1n) is 6.20. The van der Waals surface area contributed by atoms with Crippen LogP contribution in [0.4, 0.5) is 5.69 Å². The van der Waals surface area contributed by atoms with Crippen LogP contribution in [0.1, 0.15) is 15.9 Å². The number of rotatable bonds is 5. The van der Waals surface area contributed by atoms with Crippen LogP contribution in [0.5, 0.6) is 5.75 Å². The summed E-state index contributed by atoms with van der Waals surface area (Å²) in [5, 5.41) is 15.2. The minimum Gasteiger partial charge on any atom is -0.496 e. The molecule has 0 atom stereocenters. The Balaban J connectivity index is 2.10. The number of carboxylic acids is 1. The van der Waals surface area contributed by atoms with Crippen LogP contribution in [-0.4, -0.2) is 33.9 Å². The molecule has 0 aliphatic rings. The van der Waals surface area contributed by atoms with Gasteiger partial charge in [0, 0.05) is 11.8 Å². The van der Waals surface area contributed by atoms with Gasteiger partial charge in [0.25, 0.3) is 5.91 Å². The topological polar surface area (TPSA) is 93.5 Å². The molecule has 110 valence electrons. The van der Waals surface area contributed by atoms with E-state index < -0.39 is 5.97 Å². The van der Waals surface area contributed by atoms with Gasteiger partial charge in [0.1, 0.15) is 12.3 Å². The van der Waals surface area contributed by atoms with Crippen molar-refractivity contribution < 1.29 is 19.4 Å². The summed E-state index contributed by atoms with van der Waals surface area (Å²) < 4.78 is 6.40. The molecule has 0 unspecified atom stereocenters. The number of aliphatic carboxylic acids is 1. The quantitative estimate of drug-likeness (QED) is 0.870. The molecule has 0 bridgehead atoms. The standard InChI is InChI=1S/C14H15N3O4/c1-9-3-4-10(5-12(9)21-2)14(20)16-11-6-15-17(7-11)8-13(18)19/h3-7H,8H2,1-2H3,(H,16,20)(H,18,19). The van der Waals surface area contributed by atoms with Gasteiger partial charge in [0.15, 0.2) is 0 Å². The molecule has 1 aromatic carbocycles. The molecule has 21 heavy (non-hydrogen) atoms. The summed E-state index contributed by atoms with van der Waals surface area (Å²) in [5.41, 5.74) is 1.81. The number of hydrogen-bond donors (Lipinski definition) is 2.